The minimum atomic E-state index is 0.0666. The molecule has 0 saturated heterocycles. The van der Waals surface area contributed by atoms with Gasteiger partial charge in [-0.05, 0) is 18.2 Å². The number of hydrogen-bond acceptors (Lipinski definition) is 4. The van der Waals surface area contributed by atoms with Crippen molar-refractivity contribution in [3.63, 3.8) is 0 Å². The first-order valence-electron chi connectivity index (χ1n) is 5.29. The molecule has 0 aliphatic rings. The van der Waals surface area contributed by atoms with Crippen molar-refractivity contribution in [2.24, 2.45) is 7.05 Å². The fourth-order valence-electron chi connectivity index (χ4n) is 1.53. The van der Waals surface area contributed by atoms with Crippen LogP contribution in [0.25, 0.3) is 10.2 Å². The second kappa shape index (κ2) is 4.59. The van der Waals surface area contributed by atoms with Gasteiger partial charge in [0, 0.05) is 11.9 Å². The van der Waals surface area contributed by atoms with E-state index in [0.29, 0.717) is 0 Å². The summed E-state index contributed by atoms with van der Waals surface area (Å²) in [7, 11) is 1.79. The Bertz CT molecular complexity index is 571. The summed E-state index contributed by atoms with van der Waals surface area (Å²) in [5.41, 5.74) is 0.0666. The molecule has 2 heterocycles. The van der Waals surface area contributed by atoms with Crippen molar-refractivity contribution in [2.75, 3.05) is 5.75 Å². The lowest BCUT2D eigenvalue weighted by molar-refractivity contribution is 0.728. The molecule has 0 radical (unpaired) electrons. The summed E-state index contributed by atoms with van der Waals surface area (Å²) in [5, 5.41) is 1.56. The zero-order valence-corrected chi connectivity index (χ0v) is 11.2. The molecular weight excluding hydrogens is 240 g/mol. The average molecular weight is 254 g/mol. The van der Waals surface area contributed by atoms with Crippen LogP contribution in [0, 0.1) is 0 Å². The smallest absolute Gasteiger partial charge is 0.262 e. The summed E-state index contributed by atoms with van der Waals surface area (Å²) in [6.07, 6.45) is 0.959. The standard InChI is InChI=1S/C11H14N2OS2/c1-4-7-6-8-9(16-7)12-11(15-5-2)13(3)10(8)14/h6H,4-5H2,1-3H3. The minimum Gasteiger partial charge on any atom is -0.290 e. The van der Waals surface area contributed by atoms with Gasteiger partial charge < -0.3 is 0 Å². The molecule has 2 aromatic rings. The zero-order chi connectivity index (χ0) is 11.7. The molecular formula is C11H14N2OS2. The Morgan fingerprint density at radius 2 is 2.25 bits per heavy atom. The Kier molecular flexibility index (Phi) is 3.35. The van der Waals surface area contributed by atoms with Gasteiger partial charge in [0.2, 0.25) is 0 Å². The second-order valence-corrected chi connectivity index (χ2v) is 5.82. The maximum atomic E-state index is 12.1. The van der Waals surface area contributed by atoms with Crippen LogP contribution in [0.5, 0.6) is 0 Å². The van der Waals surface area contributed by atoms with E-state index in [-0.39, 0.29) is 5.56 Å². The Hall–Kier alpha value is -0.810. The minimum absolute atomic E-state index is 0.0666. The Labute approximate surface area is 103 Å². The SMILES string of the molecule is CCSc1nc2sc(CC)cc2c(=O)n1C. The van der Waals surface area contributed by atoms with Gasteiger partial charge >= 0.3 is 0 Å². The van der Waals surface area contributed by atoms with Gasteiger partial charge in [-0.2, -0.15) is 0 Å². The van der Waals surface area contributed by atoms with E-state index >= 15 is 0 Å². The Morgan fingerprint density at radius 1 is 1.50 bits per heavy atom. The first-order chi connectivity index (χ1) is 7.67. The van der Waals surface area contributed by atoms with Crippen molar-refractivity contribution in [3.8, 4) is 0 Å². The molecule has 0 N–H and O–H groups in total. The van der Waals surface area contributed by atoms with Crippen molar-refractivity contribution in [2.45, 2.75) is 25.4 Å². The maximum absolute atomic E-state index is 12.1. The predicted octanol–water partition coefficient (Wildman–Crippen LogP) is 2.67. The molecule has 0 aliphatic carbocycles. The van der Waals surface area contributed by atoms with Crippen LogP contribution in [0.4, 0.5) is 0 Å². The van der Waals surface area contributed by atoms with Crippen molar-refractivity contribution in [1.82, 2.24) is 9.55 Å². The van der Waals surface area contributed by atoms with E-state index < -0.39 is 0 Å². The third-order valence-corrected chi connectivity index (χ3v) is 4.49. The molecule has 5 heteroatoms. The van der Waals surface area contributed by atoms with E-state index in [1.54, 1.807) is 34.7 Å². The van der Waals surface area contributed by atoms with Crippen molar-refractivity contribution in [1.29, 1.82) is 0 Å². The van der Waals surface area contributed by atoms with Crippen LogP contribution in [0.15, 0.2) is 16.0 Å². The monoisotopic (exact) mass is 254 g/mol. The van der Waals surface area contributed by atoms with Crippen molar-refractivity contribution >= 4 is 33.3 Å². The largest absolute Gasteiger partial charge is 0.290 e. The lowest BCUT2D eigenvalue weighted by atomic mass is 10.3. The van der Waals surface area contributed by atoms with Crippen LogP contribution in [-0.2, 0) is 13.5 Å². The van der Waals surface area contributed by atoms with E-state index in [1.807, 2.05) is 6.07 Å². The molecule has 16 heavy (non-hydrogen) atoms. The number of rotatable bonds is 3. The number of nitrogens with zero attached hydrogens (tertiary/aromatic N) is 2. The number of fused-ring (bicyclic) bond motifs is 1. The lowest BCUT2D eigenvalue weighted by Gasteiger charge is -2.04. The normalized spacial score (nSPS) is 11.2. The highest BCUT2D eigenvalue weighted by Gasteiger charge is 2.10. The quantitative estimate of drug-likeness (QED) is 0.624. The molecule has 0 aromatic carbocycles. The fourth-order valence-corrected chi connectivity index (χ4v) is 3.24. The maximum Gasteiger partial charge on any atom is 0.262 e. The predicted molar refractivity (Wildman–Crippen MR) is 70.6 cm³/mol. The van der Waals surface area contributed by atoms with Crippen LogP contribution >= 0.6 is 23.1 Å². The second-order valence-electron chi connectivity index (χ2n) is 3.48. The van der Waals surface area contributed by atoms with Crippen LogP contribution in [-0.4, -0.2) is 15.3 Å². The molecule has 2 aromatic heterocycles. The van der Waals surface area contributed by atoms with Gasteiger partial charge in [0.1, 0.15) is 4.83 Å². The molecule has 2 rings (SSSR count). The molecule has 0 amide bonds. The van der Waals surface area contributed by atoms with Crippen LogP contribution in [0.3, 0.4) is 0 Å². The van der Waals surface area contributed by atoms with Crippen LogP contribution in [0.2, 0.25) is 0 Å². The van der Waals surface area contributed by atoms with Gasteiger partial charge in [-0.3, -0.25) is 9.36 Å². The summed E-state index contributed by atoms with van der Waals surface area (Å²) < 4.78 is 1.64. The van der Waals surface area contributed by atoms with E-state index in [4.69, 9.17) is 0 Å². The highest BCUT2D eigenvalue weighted by molar-refractivity contribution is 7.99. The molecule has 0 saturated carbocycles. The Balaban J connectivity index is 2.70. The van der Waals surface area contributed by atoms with Crippen LogP contribution < -0.4 is 5.56 Å². The first kappa shape index (κ1) is 11.7. The van der Waals surface area contributed by atoms with Gasteiger partial charge in [-0.25, -0.2) is 4.98 Å². The molecule has 0 bridgehead atoms. The molecule has 0 unspecified atom stereocenters. The van der Waals surface area contributed by atoms with E-state index in [0.717, 1.165) is 27.5 Å². The summed E-state index contributed by atoms with van der Waals surface area (Å²) in [4.78, 5) is 18.7. The number of hydrogen-bond donors (Lipinski definition) is 0. The van der Waals surface area contributed by atoms with E-state index in [9.17, 15) is 4.79 Å². The van der Waals surface area contributed by atoms with Gasteiger partial charge in [0.05, 0.1) is 5.39 Å². The summed E-state index contributed by atoms with van der Waals surface area (Å²) in [6, 6.07) is 1.97. The number of aromatic nitrogens is 2. The van der Waals surface area contributed by atoms with Gasteiger partial charge in [0.15, 0.2) is 5.16 Å². The molecule has 3 nitrogen and oxygen atoms in total. The number of thiophene rings is 1. The summed E-state index contributed by atoms with van der Waals surface area (Å²) in [5.74, 6) is 0.928. The van der Waals surface area contributed by atoms with E-state index in [2.05, 4.69) is 18.8 Å². The average Bonchev–Trinajstić information content (AvgIpc) is 2.69. The van der Waals surface area contributed by atoms with Gasteiger partial charge in [0.25, 0.3) is 5.56 Å². The highest BCUT2D eigenvalue weighted by Crippen LogP contribution is 2.24. The molecule has 0 aliphatic heterocycles. The zero-order valence-electron chi connectivity index (χ0n) is 9.61. The van der Waals surface area contributed by atoms with Gasteiger partial charge in [-0.15, -0.1) is 11.3 Å². The van der Waals surface area contributed by atoms with E-state index in [1.165, 1.54) is 4.88 Å². The van der Waals surface area contributed by atoms with Crippen molar-refractivity contribution < 1.29 is 0 Å². The number of thioether (sulfide) groups is 1. The number of aryl methyl sites for hydroxylation is 1. The third-order valence-electron chi connectivity index (χ3n) is 2.40. The Morgan fingerprint density at radius 3 is 2.88 bits per heavy atom. The fraction of sp³-hybridized carbons (Fsp3) is 0.455. The topological polar surface area (TPSA) is 34.9 Å². The molecule has 0 atom stereocenters. The molecule has 0 spiro atoms. The van der Waals surface area contributed by atoms with Crippen molar-refractivity contribution in [3.05, 3.63) is 21.3 Å². The summed E-state index contributed by atoms with van der Waals surface area (Å²) >= 11 is 3.23. The summed E-state index contributed by atoms with van der Waals surface area (Å²) in [6.45, 7) is 4.16. The molecule has 86 valence electrons. The first-order valence-corrected chi connectivity index (χ1v) is 7.09. The van der Waals surface area contributed by atoms with Gasteiger partial charge in [-0.1, -0.05) is 25.6 Å². The third kappa shape index (κ3) is 1.89. The lowest BCUT2D eigenvalue weighted by Crippen LogP contribution is -2.19. The highest BCUT2D eigenvalue weighted by atomic mass is 32.2. The molecule has 0 fully saturated rings. The van der Waals surface area contributed by atoms with Crippen LogP contribution in [0.1, 0.15) is 18.7 Å².